The van der Waals surface area contributed by atoms with E-state index in [0.29, 0.717) is 5.02 Å². The molecule has 0 aliphatic rings. The van der Waals surface area contributed by atoms with Gasteiger partial charge < -0.3 is 11.1 Å². The van der Waals surface area contributed by atoms with E-state index in [1.807, 2.05) is 30.3 Å². The first-order chi connectivity index (χ1) is 9.15. The smallest absolute Gasteiger partial charge is 0.226 e. The molecule has 3 nitrogen and oxygen atoms in total. The minimum atomic E-state index is -0.298. The minimum Gasteiger partial charge on any atom is -0.326 e. The SMILES string of the molecule is NC(CC(=O)Nc1ccc(Cl)cc1)c1ccccc1. The molecule has 19 heavy (non-hydrogen) atoms. The van der Waals surface area contributed by atoms with Gasteiger partial charge in [-0.15, -0.1) is 0 Å². The molecule has 2 aromatic rings. The van der Waals surface area contributed by atoms with Gasteiger partial charge in [-0.05, 0) is 29.8 Å². The largest absolute Gasteiger partial charge is 0.326 e. The first kappa shape index (κ1) is 13.6. The van der Waals surface area contributed by atoms with Crippen LogP contribution in [0.15, 0.2) is 54.6 Å². The fraction of sp³-hybridized carbons (Fsp3) is 0.133. The Labute approximate surface area is 117 Å². The van der Waals surface area contributed by atoms with Crippen LogP contribution in [0.4, 0.5) is 5.69 Å². The highest BCUT2D eigenvalue weighted by Gasteiger charge is 2.11. The zero-order valence-corrected chi connectivity index (χ0v) is 11.1. The number of rotatable bonds is 4. The maximum Gasteiger partial charge on any atom is 0.226 e. The highest BCUT2D eigenvalue weighted by Crippen LogP contribution is 2.16. The highest BCUT2D eigenvalue weighted by atomic mass is 35.5. The fourth-order valence-corrected chi connectivity index (χ4v) is 1.89. The van der Waals surface area contributed by atoms with Crippen molar-refractivity contribution in [1.29, 1.82) is 0 Å². The van der Waals surface area contributed by atoms with Crippen molar-refractivity contribution in [2.45, 2.75) is 12.5 Å². The van der Waals surface area contributed by atoms with Gasteiger partial charge in [0.2, 0.25) is 5.91 Å². The number of anilines is 1. The molecule has 2 aromatic carbocycles. The van der Waals surface area contributed by atoms with Crippen LogP contribution in [0, 0.1) is 0 Å². The molecule has 3 N–H and O–H groups in total. The minimum absolute atomic E-state index is 0.112. The van der Waals surface area contributed by atoms with Gasteiger partial charge in [-0.3, -0.25) is 4.79 Å². The molecule has 0 bridgehead atoms. The molecule has 1 unspecified atom stereocenters. The summed E-state index contributed by atoms with van der Waals surface area (Å²) in [4.78, 5) is 11.9. The summed E-state index contributed by atoms with van der Waals surface area (Å²) in [7, 11) is 0. The summed E-state index contributed by atoms with van der Waals surface area (Å²) in [6.45, 7) is 0. The number of amides is 1. The third-order valence-corrected chi connectivity index (χ3v) is 3.01. The van der Waals surface area contributed by atoms with E-state index in [4.69, 9.17) is 17.3 Å². The van der Waals surface area contributed by atoms with Crippen molar-refractivity contribution < 1.29 is 4.79 Å². The molecule has 0 saturated heterocycles. The Morgan fingerprint density at radius 3 is 2.37 bits per heavy atom. The maximum atomic E-state index is 11.9. The van der Waals surface area contributed by atoms with Gasteiger partial charge in [0.05, 0.1) is 0 Å². The van der Waals surface area contributed by atoms with Gasteiger partial charge in [0.15, 0.2) is 0 Å². The lowest BCUT2D eigenvalue weighted by molar-refractivity contribution is -0.116. The Morgan fingerprint density at radius 2 is 1.74 bits per heavy atom. The van der Waals surface area contributed by atoms with E-state index in [0.717, 1.165) is 11.3 Å². The molecule has 0 aliphatic carbocycles. The summed E-state index contributed by atoms with van der Waals surface area (Å²) in [6, 6.07) is 16.3. The summed E-state index contributed by atoms with van der Waals surface area (Å²) in [5.41, 5.74) is 7.66. The number of nitrogens with one attached hydrogen (secondary N) is 1. The Morgan fingerprint density at radius 1 is 1.11 bits per heavy atom. The van der Waals surface area contributed by atoms with Crippen LogP contribution in [0.5, 0.6) is 0 Å². The lowest BCUT2D eigenvalue weighted by atomic mass is 10.0. The van der Waals surface area contributed by atoms with Crippen LogP contribution < -0.4 is 11.1 Å². The molecular formula is C15H15ClN2O. The van der Waals surface area contributed by atoms with Crippen LogP contribution in [0.3, 0.4) is 0 Å². The zero-order chi connectivity index (χ0) is 13.7. The topological polar surface area (TPSA) is 55.1 Å². The maximum absolute atomic E-state index is 11.9. The summed E-state index contributed by atoms with van der Waals surface area (Å²) >= 11 is 5.78. The van der Waals surface area contributed by atoms with Crippen molar-refractivity contribution >= 4 is 23.2 Å². The van der Waals surface area contributed by atoms with Crippen molar-refractivity contribution in [2.75, 3.05) is 5.32 Å². The zero-order valence-electron chi connectivity index (χ0n) is 10.3. The molecule has 1 amide bonds. The highest BCUT2D eigenvalue weighted by molar-refractivity contribution is 6.30. The quantitative estimate of drug-likeness (QED) is 0.898. The van der Waals surface area contributed by atoms with Gasteiger partial charge in [-0.2, -0.15) is 0 Å². The van der Waals surface area contributed by atoms with Gasteiger partial charge in [0, 0.05) is 23.2 Å². The molecule has 0 aliphatic heterocycles. The van der Waals surface area contributed by atoms with Crippen molar-refractivity contribution in [3.63, 3.8) is 0 Å². The van der Waals surface area contributed by atoms with Crippen molar-refractivity contribution in [1.82, 2.24) is 0 Å². The van der Waals surface area contributed by atoms with Crippen LogP contribution in [0.2, 0.25) is 5.02 Å². The first-order valence-electron chi connectivity index (χ1n) is 6.01. The summed E-state index contributed by atoms with van der Waals surface area (Å²) < 4.78 is 0. The normalized spacial score (nSPS) is 11.9. The Hall–Kier alpha value is -1.84. The van der Waals surface area contributed by atoms with E-state index in [9.17, 15) is 4.79 Å². The van der Waals surface area contributed by atoms with Gasteiger partial charge in [-0.25, -0.2) is 0 Å². The number of hydrogen-bond acceptors (Lipinski definition) is 2. The molecule has 4 heteroatoms. The van der Waals surface area contributed by atoms with E-state index < -0.39 is 0 Å². The van der Waals surface area contributed by atoms with E-state index in [1.165, 1.54) is 0 Å². The average molecular weight is 275 g/mol. The Bertz CT molecular complexity index is 540. The van der Waals surface area contributed by atoms with Gasteiger partial charge in [0.25, 0.3) is 0 Å². The number of halogens is 1. The van der Waals surface area contributed by atoms with Crippen LogP contribution in [-0.2, 0) is 4.79 Å². The predicted molar refractivity (Wildman–Crippen MR) is 78.1 cm³/mol. The number of benzene rings is 2. The third kappa shape index (κ3) is 4.09. The molecule has 0 spiro atoms. The third-order valence-electron chi connectivity index (χ3n) is 2.76. The van der Waals surface area contributed by atoms with E-state index >= 15 is 0 Å². The van der Waals surface area contributed by atoms with Crippen molar-refractivity contribution in [3.05, 3.63) is 65.2 Å². The molecule has 2 rings (SSSR count). The monoisotopic (exact) mass is 274 g/mol. The van der Waals surface area contributed by atoms with Gasteiger partial charge >= 0.3 is 0 Å². The molecule has 0 saturated carbocycles. The Kier molecular flexibility index (Phi) is 4.55. The predicted octanol–water partition coefficient (Wildman–Crippen LogP) is 3.37. The van der Waals surface area contributed by atoms with Crippen molar-refractivity contribution in [3.8, 4) is 0 Å². The number of carbonyl (C=O) groups excluding carboxylic acids is 1. The van der Waals surface area contributed by atoms with E-state index in [1.54, 1.807) is 24.3 Å². The summed E-state index contributed by atoms with van der Waals surface area (Å²) in [5.74, 6) is -0.112. The second kappa shape index (κ2) is 6.36. The molecule has 0 heterocycles. The second-order valence-corrected chi connectivity index (χ2v) is 4.71. The number of carbonyl (C=O) groups is 1. The van der Waals surface area contributed by atoms with Crippen LogP contribution in [-0.4, -0.2) is 5.91 Å². The molecule has 1 atom stereocenters. The molecule has 0 aromatic heterocycles. The van der Waals surface area contributed by atoms with Crippen LogP contribution in [0.1, 0.15) is 18.0 Å². The number of hydrogen-bond donors (Lipinski definition) is 2. The standard InChI is InChI=1S/C15H15ClN2O/c16-12-6-8-13(9-7-12)18-15(19)10-14(17)11-4-2-1-3-5-11/h1-9,14H,10,17H2,(H,18,19). The summed E-state index contributed by atoms with van der Waals surface area (Å²) in [6.07, 6.45) is 0.243. The molecular weight excluding hydrogens is 260 g/mol. The lowest BCUT2D eigenvalue weighted by Gasteiger charge is -2.12. The first-order valence-corrected chi connectivity index (χ1v) is 6.39. The fourth-order valence-electron chi connectivity index (χ4n) is 1.76. The van der Waals surface area contributed by atoms with Crippen molar-refractivity contribution in [2.24, 2.45) is 5.73 Å². The molecule has 98 valence electrons. The van der Waals surface area contributed by atoms with E-state index in [2.05, 4.69) is 5.32 Å². The molecule has 0 radical (unpaired) electrons. The van der Waals surface area contributed by atoms with Gasteiger partial charge in [0.1, 0.15) is 0 Å². The average Bonchev–Trinajstić information content (AvgIpc) is 2.42. The second-order valence-electron chi connectivity index (χ2n) is 4.28. The summed E-state index contributed by atoms with van der Waals surface area (Å²) in [5, 5.41) is 3.43. The van der Waals surface area contributed by atoms with Crippen LogP contribution >= 0.6 is 11.6 Å². The number of nitrogens with two attached hydrogens (primary N) is 1. The Balaban J connectivity index is 1.93. The van der Waals surface area contributed by atoms with Crippen LogP contribution in [0.25, 0.3) is 0 Å². The molecule has 0 fully saturated rings. The lowest BCUT2D eigenvalue weighted by Crippen LogP contribution is -2.20. The van der Waals surface area contributed by atoms with E-state index in [-0.39, 0.29) is 18.4 Å². The van der Waals surface area contributed by atoms with Gasteiger partial charge in [-0.1, -0.05) is 41.9 Å².